The number of hydrogen-bond donors (Lipinski definition) is 2. The van der Waals surface area contributed by atoms with E-state index in [-0.39, 0.29) is 23.6 Å². The van der Waals surface area contributed by atoms with E-state index >= 15 is 0 Å². The van der Waals surface area contributed by atoms with Crippen molar-refractivity contribution < 1.29 is 18.0 Å². The zero-order valence-electron chi connectivity index (χ0n) is 17.2. The smallest absolute Gasteiger partial charge is 0.368 e. The van der Waals surface area contributed by atoms with Crippen LogP contribution in [0.3, 0.4) is 0 Å². The van der Waals surface area contributed by atoms with Gasteiger partial charge in [-0.15, -0.1) is 0 Å². The summed E-state index contributed by atoms with van der Waals surface area (Å²) in [6.45, 7) is 0. The molecule has 166 valence electrons. The van der Waals surface area contributed by atoms with Crippen LogP contribution in [0.4, 0.5) is 19.0 Å². The number of aromatic nitrogens is 3. The largest absolute Gasteiger partial charge is 0.434 e. The maximum Gasteiger partial charge on any atom is 0.434 e. The molecule has 0 spiro atoms. The van der Waals surface area contributed by atoms with Crippen LogP contribution in [0.5, 0.6) is 0 Å². The highest BCUT2D eigenvalue weighted by Crippen LogP contribution is 2.30. The summed E-state index contributed by atoms with van der Waals surface area (Å²) in [7, 11) is 0. The van der Waals surface area contributed by atoms with E-state index in [1.165, 1.54) is 4.40 Å². The van der Waals surface area contributed by atoms with Crippen LogP contribution < -0.4 is 10.6 Å². The lowest BCUT2D eigenvalue weighted by atomic mass is 9.91. The molecule has 3 aromatic rings. The molecule has 3 aromatic heterocycles. The Balaban J connectivity index is 1.18. The summed E-state index contributed by atoms with van der Waals surface area (Å²) in [5, 5.41) is 6.48. The normalized spacial score (nSPS) is 20.7. The number of pyridine rings is 2. The van der Waals surface area contributed by atoms with Gasteiger partial charge in [0.1, 0.15) is 11.5 Å². The molecule has 2 aliphatic carbocycles. The predicted molar refractivity (Wildman–Crippen MR) is 114 cm³/mol. The summed E-state index contributed by atoms with van der Waals surface area (Å²) in [5.74, 6) is 0.529. The van der Waals surface area contributed by atoms with Crippen LogP contribution in [0, 0.1) is 0 Å². The van der Waals surface area contributed by atoms with E-state index in [0.717, 1.165) is 48.7 Å². The molecule has 0 unspecified atom stereocenters. The maximum absolute atomic E-state index is 13.0. The standard InChI is InChI=1S/C23H22F3N5O/c24-23(25,26)19-13-31-20(4-1-5-21(31)30-19)28-16-6-8-17(9-7-16)29-22(32)15-11-14-3-2-10-27-18(14)12-15/h1-5,10-11,13,16-17,28H,6-9,12H2,(H,29,32). The molecule has 9 heteroatoms. The molecule has 1 saturated carbocycles. The Bertz CT molecular complexity index is 1190. The molecule has 32 heavy (non-hydrogen) atoms. The third-order valence-corrected chi connectivity index (χ3v) is 6.10. The molecule has 6 nitrogen and oxygen atoms in total. The van der Waals surface area contributed by atoms with Crippen LogP contribution in [0.25, 0.3) is 11.7 Å². The molecule has 2 aliphatic rings. The molecule has 0 atom stereocenters. The average Bonchev–Trinajstić information content (AvgIpc) is 3.40. The molecule has 3 heterocycles. The van der Waals surface area contributed by atoms with E-state index in [4.69, 9.17) is 0 Å². The third kappa shape index (κ3) is 4.06. The van der Waals surface area contributed by atoms with Crippen molar-refractivity contribution in [2.75, 3.05) is 5.32 Å². The molecule has 1 fully saturated rings. The topological polar surface area (TPSA) is 71.3 Å². The molecule has 0 bridgehead atoms. The van der Waals surface area contributed by atoms with Gasteiger partial charge < -0.3 is 10.6 Å². The number of carbonyl (C=O) groups excluding carboxylic acids is 1. The number of imidazole rings is 1. The summed E-state index contributed by atoms with van der Waals surface area (Å²) in [6, 6.07) is 9.01. The second-order valence-corrected chi connectivity index (χ2v) is 8.32. The molecular formula is C23H22F3N5O. The van der Waals surface area contributed by atoms with Gasteiger partial charge in [-0.2, -0.15) is 13.2 Å². The Kier molecular flexibility index (Phi) is 5.11. The van der Waals surface area contributed by atoms with E-state index in [2.05, 4.69) is 20.6 Å². The summed E-state index contributed by atoms with van der Waals surface area (Å²) in [5.41, 5.74) is 1.99. The second-order valence-electron chi connectivity index (χ2n) is 8.32. The lowest BCUT2D eigenvalue weighted by Crippen LogP contribution is -2.40. The van der Waals surface area contributed by atoms with Gasteiger partial charge in [0.25, 0.3) is 0 Å². The Morgan fingerprint density at radius 1 is 1.06 bits per heavy atom. The zero-order valence-corrected chi connectivity index (χ0v) is 17.2. The first-order valence-electron chi connectivity index (χ1n) is 10.6. The van der Waals surface area contributed by atoms with Gasteiger partial charge in [0.15, 0.2) is 5.69 Å². The highest BCUT2D eigenvalue weighted by atomic mass is 19.4. The fourth-order valence-electron chi connectivity index (χ4n) is 4.43. The van der Waals surface area contributed by atoms with Gasteiger partial charge in [-0.25, -0.2) is 4.98 Å². The summed E-state index contributed by atoms with van der Waals surface area (Å²) < 4.78 is 40.5. The molecule has 5 rings (SSSR count). The number of carbonyl (C=O) groups is 1. The minimum Gasteiger partial charge on any atom is -0.368 e. The highest BCUT2D eigenvalue weighted by molar-refractivity contribution is 6.00. The van der Waals surface area contributed by atoms with Crippen LogP contribution in [0.2, 0.25) is 0 Å². The molecule has 2 N–H and O–H groups in total. The maximum atomic E-state index is 13.0. The first kappa shape index (κ1) is 20.5. The number of fused-ring (bicyclic) bond motifs is 2. The van der Waals surface area contributed by atoms with Crippen molar-refractivity contribution in [3.63, 3.8) is 0 Å². The molecular weight excluding hydrogens is 419 g/mol. The van der Waals surface area contributed by atoms with E-state index < -0.39 is 11.9 Å². The van der Waals surface area contributed by atoms with Crippen LogP contribution in [-0.2, 0) is 17.4 Å². The van der Waals surface area contributed by atoms with E-state index in [9.17, 15) is 18.0 Å². The number of hydrogen-bond acceptors (Lipinski definition) is 4. The zero-order chi connectivity index (χ0) is 22.3. The minimum atomic E-state index is -4.48. The summed E-state index contributed by atoms with van der Waals surface area (Å²) >= 11 is 0. The molecule has 0 saturated heterocycles. The van der Waals surface area contributed by atoms with Crippen LogP contribution in [0.15, 0.2) is 48.3 Å². The number of anilines is 1. The van der Waals surface area contributed by atoms with Crippen LogP contribution in [0.1, 0.15) is 42.6 Å². The van der Waals surface area contributed by atoms with Crippen molar-refractivity contribution in [3.8, 4) is 0 Å². The molecule has 0 aromatic carbocycles. The summed E-state index contributed by atoms with van der Waals surface area (Å²) in [6.07, 6.45) is 3.93. The second kappa shape index (κ2) is 7.96. The summed E-state index contributed by atoms with van der Waals surface area (Å²) in [4.78, 5) is 20.7. The number of halogens is 3. The van der Waals surface area contributed by atoms with Crippen LogP contribution in [-0.4, -0.2) is 32.4 Å². The van der Waals surface area contributed by atoms with Gasteiger partial charge in [-0.3, -0.25) is 14.2 Å². The Hall–Kier alpha value is -3.36. The Labute approximate surface area is 182 Å². The lowest BCUT2D eigenvalue weighted by molar-refractivity contribution is -0.140. The third-order valence-electron chi connectivity index (χ3n) is 6.10. The van der Waals surface area contributed by atoms with Crippen molar-refractivity contribution >= 4 is 23.4 Å². The Morgan fingerprint density at radius 2 is 1.84 bits per heavy atom. The first-order chi connectivity index (χ1) is 15.4. The van der Waals surface area contributed by atoms with Gasteiger partial charge in [-0.1, -0.05) is 12.1 Å². The van der Waals surface area contributed by atoms with Gasteiger partial charge in [0.05, 0.1) is 5.69 Å². The number of alkyl halides is 3. The van der Waals surface area contributed by atoms with Gasteiger partial charge in [0, 0.05) is 36.5 Å². The Morgan fingerprint density at radius 3 is 2.59 bits per heavy atom. The predicted octanol–water partition coefficient (Wildman–Crippen LogP) is 4.23. The monoisotopic (exact) mass is 441 g/mol. The quantitative estimate of drug-likeness (QED) is 0.636. The lowest BCUT2D eigenvalue weighted by Gasteiger charge is -2.30. The van der Waals surface area contributed by atoms with E-state index in [1.54, 1.807) is 24.4 Å². The van der Waals surface area contributed by atoms with Gasteiger partial charge in [-0.05, 0) is 55.5 Å². The fourth-order valence-corrected chi connectivity index (χ4v) is 4.43. The highest BCUT2D eigenvalue weighted by Gasteiger charge is 2.34. The molecule has 0 aliphatic heterocycles. The van der Waals surface area contributed by atoms with E-state index in [0.29, 0.717) is 12.2 Å². The fraction of sp³-hybridized carbons (Fsp3) is 0.348. The first-order valence-corrected chi connectivity index (χ1v) is 10.6. The minimum absolute atomic E-state index is 0.0535. The SMILES string of the molecule is O=C(NC1CCC(Nc2cccc3nc(C(F)(F)F)cn23)CC1)C1=Cc2cccnc2C1. The number of amides is 1. The van der Waals surface area contributed by atoms with Gasteiger partial charge in [0.2, 0.25) is 5.91 Å². The van der Waals surface area contributed by atoms with Crippen LogP contribution >= 0.6 is 0 Å². The number of rotatable bonds is 4. The molecule has 0 radical (unpaired) electrons. The van der Waals surface area contributed by atoms with Crippen molar-refractivity contribution in [1.82, 2.24) is 19.7 Å². The van der Waals surface area contributed by atoms with Crippen molar-refractivity contribution in [1.29, 1.82) is 0 Å². The van der Waals surface area contributed by atoms with Gasteiger partial charge >= 0.3 is 6.18 Å². The molecule has 1 amide bonds. The van der Waals surface area contributed by atoms with Crippen molar-refractivity contribution in [2.24, 2.45) is 0 Å². The van der Waals surface area contributed by atoms with Crippen molar-refractivity contribution in [2.45, 2.75) is 50.4 Å². The number of nitrogens with zero attached hydrogens (tertiary/aromatic N) is 3. The van der Waals surface area contributed by atoms with E-state index in [1.807, 2.05) is 18.2 Å². The average molecular weight is 441 g/mol. The number of nitrogens with one attached hydrogen (secondary N) is 2. The van der Waals surface area contributed by atoms with Crippen molar-refractivity contribution in [3.05, 3.63) is 65.2 Å².